The lowest BCUT2D eigenvalue weighted by Gasteiger charge is -2.38. The molecule has 2 N–H and O–H groups in total. The number of carbonyl (C=O) groups excluding carboxylic acids is 2. The van der Waals surface area contributed by atoms with Gasteiger partial charge in [-0.3, -0.25) is 14.5 Å². The van der Waals surface area contributed by atoms with Crippen LogP contribution in [0.2, 0.25) is 0 Å². The van der Waals surface area contributed by atoms with E-state index >= 15 is 0 Å². The Kier molecular flexibility index (Phi) is 4.12. The van der Waals surface area contributed by atoms with Crippen LogP contribution in [-0.4, -0.2) is 48.4 Å². The molecular weight excluding hydrogens is 220 g/mol. The molecule has 1 saturated carbocycles. The third kappa shape index (κ3) is 2.84. The fraction of sp³-hybridized carbons (Fsp3) is 0.833. The maximum atomic E-state index is 12.0. The lowest BCUT2D eigenvalue weighted by Crippen LogP contribution is -2.58. The SMILES string of the molecule is NC(=O)C1COCCN1C1CCCCCC1=O. The van der Waals surface area contributed by atoms with E-state index in [9.17, 15) is 9.59 Å². The molecule has 5 nitrogen and oxygen atoms in total. The number of Topliss-reactive ketones (excluding diaryl/α,β-unsaturated/α-hetero) is 1. The summed E-state index contributed by atoms with van der Waals surface area (Å²) in [5.74, 6) is -0.127. The molecular formula is C12H20N2O3. The molecule has 2 aliphatic rings. The monoisotopic (exact) mass is 240 g/mol. The second-order valence-electron chi connectivity index (χ2n) is 4.81. The van der Waals surface area contributed by atoms with Crippen LogP contribution in [-0.2, 0) is 14.3 Å². The van der Waals surface area contributed by atoms with Crippen molar-refractivity contribution in [1.82, 2.24) is 4.90 Å². The molecule has 1 amide bonds. The van der Waals surface area contributed by atoms with Gasteiger partial charge >= 0.3 is 0 Å². The zero-order valence-corrected chi connectivity index (χ0v) is 10.1. The van der Waals surface area contributed by atoms with Crippen molar-refractivity contribution in [2.24, 2.45) is 5.73 Å². The minimum Gasteiger partial charge on any atom is -0.378 e. The second-order valence-corrected chi connectivity index (χ2v) is 4.81. The molecule has 0 bridgehead atoms. The summed E-state index contributed by atoms with van der Waals surface area (Å²) in [5, 5.41) is 0. The molecule has 1 saturated heterocycles. The molecule has 1 heterocycles. The molecule has 5 heteroatoms. The van der Waals surface area contributed by atoms with Crippen molar-refractivity contribution in [3.8, 4) is 0 Å². The lowest BCUT2D eigenvalue weighted by atomic mass is 10.0. The predicted octanol–water partition coefficient (Wildman–Crippen LogP) is 0.0743. The number of rotatable bonds is 2. The number of ether oxygens (including phenoxy) is 1. The molecule has 1 aliphatic heterocycles. The van der Waals surface area contributed by atoms with Gasteiger partial charge in [0.2, 0.25) is 5.91 Å². The van der Waals surface area contributed by atoms with Crippen molar-refractivity contribution < 1.29 is 14.3 Å². The highest BCUT2D eigenvalue weighted by atomic mass is 16.5. The average molecular weight is 240 g/mol. The van der Waals surface area contributed by atoms with Crippen molar-refractivity contribution in [2.45, 2.75) is 44.2 Å². The molecule has 0 aromatic heterocycles. The van der Waals surface area contributed by atoms with E-state index in [2.05, 4.69) is 0 Å². The van der Waals surface area contributed by atoms with Crippen LogP contribution < -0.4 is 5.73 Å². The van der Waals surface area contributed by atoms with Crippen molar-refractivity contribution in [3.05, 3.63) is 0 Å². The number of carbonyl (C=O) groups is 2. The average Bonchev–Trinajstić information content (AvgIpc) is 2.54. The van der Waals surface area contributed by atoms with Gasteiger partial charge in [0, 0.05) is 13.0 Å². The van der Waals surface area contributed by atoms with Crippen LogP contribution in [0.25, 0.3) is 0 Å². The van der Waals surface area contributed by atoms with Gasteiger partial charge in [0.1, 0.15) is 11.8 Å². The zero-order valence-electron chi connectivity index (χ0n) is 10.1. The summed E-state index contributed by atoms with van der Waals surface area (Å²) in [6.45, 7) is 1.52. The molecule has 0 radical (unpaired) electrons. The Bertz CT molecular complexity index is 306. The van der Waals surface area contributed by atoms with Crippen LogP contribution in [0, 0.1) is 0 Å². The third-order valence-corrected chi connectivity index (χ3v) is 3.67. The molecule has 0 aromatic carbocycles. The molecule has 2 fully saturated rings. The van der Waals surface area contributed by atoms with Gasteiger partial charge in [-0.1, -0.05) is 12.8 Å². The lowest BCUT2D eigenvalue weighted by molar-refractivity contribution is -0.137. The minimum atomic E-state index is -0.434. The number of nitrogens with zero attached hydrogens (tertiary/aromatic N) is 1. The number of ketones is 1. The van der Waals surface area contributed by atoms with Crippen LogP contribution >= 0.6 is 0 Å². The first-order valence-electron chi connectivity index (χ1n) is 6.35. The van der Waals surface area contributed by atoms with Crippen molar-refractivity contribution >= 4 is 11.7 Å². The largest absolute Gasteiger partial charge is 0.378 e. The molecule has 0 spiro atoms. The third-order valence-electron chi connectivity index (χ3n) is 3.67. The molecule has 96 valence electrons. The highest BCUT2D eigenvalue weighted by Gasteiger charge is 2.36. The molecule has 1 aliphatic carbocycles. The maximum Gasteiger partial charge on any atom is 0.237 e. The molecule has 2 unspecified atom stereocenters. The van der Waals surface area contributed by atoms with E-state index in [0.29, 0.717) is 26.2 Å². The van der Waals surface area contributed by atoms with E-state index in [0.717, 1.165) is 25.7 Å². The van der Waals surface area contributed by atoms with Crippen LogP contribution in [0.5, 0.6) is 0 Å². The Morgan fingerprint density at radius 3 is 2.94 bits per heavy atom. The zero-order chi connectivity index (χ0) is 12.3. The van der Waals surface area contributed by atoms with Crippen molar-refractivity contribution in [2.75, 3.05) is 19.8 Å². The molecule has 2 atom stereocenters. The van der Waals surface area contributed by atoms with Crippen LogP contribution in [0.15, 0.2) is 0 Å². The van der Waals surface area contributed by atoms with Gasteiger partial charge in [-0.15, -0.1) is 0 Å². The first kappa shape index (κ1) is 12.5. The summed E-state index contributed by atoms with van der Waals surface area (Å²) >= 11 is 0. The van der Waals surface area contributed by atoms with E-state index in [1.165, 1.54) is 0 Å². The molecule has 17 heavy (non-hydrogen) atoms. The summed E-state index contributed by atoms with van der Waals surface area (Å²) in [4.78, 5) is 25.4. The van der Waals surface area contributed by atoms with E-state index in [1.807, 2.05) is 4.90 Å². The van der Waals surface area contributed by atoms with Gasteiger partial charge < -0.3 is 10.5 Å². The van der Waals surface area contributed by atoms with E-state index in [1.54, 1.807) is 0 Å². The smallest absolute Gasteiger partial charge is 0.237 e. The van der Waals surface area contributed by atoms with Crippen molar-refractivity contribution in [3.63, 3.8) is 0 Å². The van der Waals surface area contributed by atoms with Crippen molar-refractivity contribution in [1.29, 1.82) is 0 Å². The Morgan fingerprint density at radius 2 is 2.18 bits per heavy atom. The summed E-state index contributed by atoms with van der Waals surface area (Å²) in [5.41, 5.74) is 5.38. The molecule has 0 aromatic rings. The summed E-state index contributed by atoms with van der Waals surface area (Å²) < 4.78 is 5.28. The highest BCUT2D eigenvalue weighted by molar-refractivity contribution is 5.86. The number of hydrogen-bond donors (Lipinski definition) is 1. The van der Waals surface area contributed by atoms with Gasteiger partial charge in [-0.2, -0.15) is 0 Å². The van der Waals surface area contributed by atoms with Gasteiger partial charge in [-0.05, 0) is 12.8 Å². The second kappa shape index (κ2) is 5.60. The van der Waals surface area contributed by atoms with Crippen LogP contribution in [0.4, 0.5) is 0 Å². The normalized spacial score (nSPS) is 32.1. The van der Waals surface area contributed by atoms with Gasteiger partial charge in [0.05, 0.1) is 19.3 Å². The van der Waals surface area contributed by atoms with Crippen LogP contribution in [0.3, 0.4) is 0 Å². The molecule has 2 rings (SSSR count). The Balaban J connectivity index is 2.11. The summed E-state index contributed by atoms with van der Waals surface area (Å²) in [7, 11) is 0. The highest BCUT2D eigenvalue weighted by Crippen LogP contribution is 2.22. The fourth-order valence-corrected chi connectivity index (χ4v) is 2.73. The first-order valence-corrected chi connectivity index (χ1v) is 6.35. The standard InChI is InChI=1S/C12H20N2O3/c13-12(16)10-8-17-7-6-14(10)9-4-2-1-3-5-11(9)15/h9-10H,1-8H2,(H2,13,16). The van der Waals surface area contributed by atoms with Gasteiger partial charge in [0.25, 0.3) is 0 Å². The van der Waals surface area contributed by atoms with Gasteiger partial charge in [0.15, 0.2) is 0 Å². The Labute approximate surface area is 101 Å². The van der Waals surface area contributed by atoms with E-state index < -0.39 is 6.04 Å². The van der Waals surface area contributed by atoms with E-state index in [4.69, 9.17) is 10.5 Å². The Morgan fingerprint density at radius 1 is 1.35 bits per heavy atom. The van der Waals surface area contributed by atoms with Crippen LogP contribution in [0.1, 0.15) is 32.1 Å². The number of morpholine rings is 1. The van der Waals surface area contributed by atoms with E-state index in [-0.39, 0.29) is 17.7 Å². The Hall–Kier alpha value is -0.940. The number of hydrogen-bond acceptors (Lipinski definition) is 4. The summed E-state index contributed by atoms with van der Waals surface area (Å²) in [6.07, 6.45) is 4.62. The predicted molar refractivity (Wildman–Crippen MR) is 62.4 cm³/mol. The number of nitrogens with two attached hydrogens (primary N) is 1. The topological polar surface area (TPSA) is 72.6 Å². The maximum absolute atomic E-state index is 12.0. The fourth-order valence-electron chi connectivity index (χ4n) is 2.73. The quantitative estimate of drug-likeness (QED) is 0.693. The number of amides is 1. The first-order chi connectivity index (χ1) is 8.20. The van der Waals surface area contributed by atoms with Gasteiger partial charge in [-0.25, -0.2) is 0 Å². The number of primary amides is 1. The summed E-state index contributed by atoms with van der Waals surface area (Å²) in [6, 6.07) is -0.560. The minimum absolute atomic E-state index is 0.126.